The highest BCUT2D eigenvalue weighted by Gasteiger charge is 2.46. The van der Waals surface area contributed by atoms with Crippen molar-refractivity contribution in [1.82, 2.24) is 0 Å². The lowest BCUT2D eigenvalue weighted by molar-refractivity contribution is 0.0979. The van der Waals surface area contributed by atoms with Crippen LogP contribution in [0, 0.1) is 0 Å². The molecule has 1 aliphatic carbocycles. The van der Waals surface area contributed by atoms with Crippen LogP contribution >= 0.6 is 69.6 Å². The minimum Gasteiger partial charge on any atom is -0.530 e. The zero-order valence-electron chi connectivity index (χ0n) is 32.2. The standard InChI is InChI=1S/C50H30Cl6O4Si2/c51-31-1-15-39(16-2-31)61(40-17-3-32(52)4-18-40,41-19-5-33(53)6-20-41)59-37-13-27-45-47(29-37)49(57)46-28-14-38(30-48(46)50(45)58)60-62(42-21-7-34(54)8-22-42,43-23-9-35(55)10-24-43)44-25-11-36(56)12-26-44/h1-30H. The maximum Gasteiger partial charge on any atom is 0.346 e. The molecule has 0 atom stereocenters. The third-order valence-electron chi connectivity index (χ3n) is 11.0. The SMILES string of the molecule is O=C1c2ccc(O[Si](c3ccc(Cl)cc3)(c3ccc(Cl)cc3)c3ccc(Cl)cc3)cc2C(=O)c2ccc(O[Si](c3ccc(Cl)cc3)(c3ccc(Cl)cc3)c3ccc(Cl)cc3)cc21. The Morgan fingerprint density at radius 3 is 0.694 bits per heavy atom. The molecule has 304 valence electrons. The number of ketones is 2. The van der Waals surface area contributed by atoms with E-state index in [2.05, 4.69) is 0 Å². The predicted molar refractivity (Wildman–Crippen MR) is 259 cm³/mol. The second kappa shape index (κ2) is 17.2. The number of halogens is 6. The summed E-state index contributed by atoms with van der Waals surface area (Å²) in [6.07, 6.45) is 0. The third kappa shape index (κ3) is 7.80. The van der Waals surface area contributed by atoms with Gasteiger partial charge in [0.2, 0.25) is 0 Å². The molecule has 0 saturated carbocycles. The van der Waals surface area contributed by atoms with Gasteiger partial charge in [-0.3, -0.25) is 9.59 Å². The summed E-state index contributed by atoms with van der Waals surface area (Å²) in [5, 5.41) is 8.76. The van der Waals surface area contributed by atoms with Gasteiger partial charge in [-0.2, -0.15) is 0 Å². The molecule has 12 heteroatoms. The zero-order chi connectivity index (χ0) is 43.2. The van der Waals surface area contributed by atoms with E-state index in [0.717, 1.165) is 31.1 Å². The third-order valence-corrected chi connectivity index (χ3v) is 20.5. The van der Waals surface area contributed by atoms with E-state index in [4.69, 9.17) is 78.5 Å². The number of rotatable bonds is 10. The van der Waals surface area contributed by atoms with Gasteiger partial charge in [0.25, 0.3) is 0 Å². The van der Waals surface area contributed by atoms with Crippen LogP contribution in [0.5, 0.6) is 11.5 Å². The molecule has 1 aliphatic rings. The van der Waals surface area contributed by atoms with Gasteiger partial charge in [0.15, 0.2) is 11.6 Å². The maximum atomic E-state index is 14.5. The smallest absolute Gasteiger partial charge is 0.346 e. The minimum atomic E-state index is -3.42. The van der Waals surface area contributed by atoms with Crippen molar-refractivity contribution in [3.05, 3.63) is 234 Å². The highest BCUT2D eigenvalue weighted by molar-refractivity contribution is 7.08. The van der Waals surface area contributed by atoms with E-state index in [-0.39, 0.29) is 33.8 Å². The van der Waals surface area contributed by atoms with Crippen molar-refractivity contribution in [1.29, 1.82) is 0 Å². The fraction of sp³-hybridized carbons (Fsp3) is 0. The molecule has 0 aliphatic heterocycles. The van der Waals surface area contributed by atoms with Crippen molar-refractivity contribution in [2.75, 3.05) is 0 Å². The number of carbonyl (C=O) groups excluding carboxylic acids is 2. The second-order valence-electron chi connectivity index (χ2n) is 14.7. The van der Waals surface area contributed by atoms with E-state index < -0.39 is 16.6 Å². The van der Waals surface area contributed by atoms with E-state index in [1.54, 1.807) is 36.4 Å². The Morgan fingerprint density at radius 1 is 0.274 bits per heavy atom. The molecule has 0 amide bonds. The lowest BCUT2D eigenvalue weighted by Crippen LogP contribution is -2.71. The molecule has 8 aromatic rings. The minimum absolute atomic E-state index is 0.229. The Balaban J connectivity index is 1.14. The number of hydrogen-bond donors (Lipinski definition) is 0. The molecule has 0 saturated heterocycles. The lowest BCUT2D eigenvalue weighted by atomic mass is 9.84. The summed E-state index contributed by atoms with van der Waals surface area (Å²) in [5.74, 6) is 0.175. The van der Waals surface area contributed by atoms with Crippen LogP contribution < -0.4 is 40.0 Å². The molecule has 4 nitrogen and oxygen atoms in total. The molecule has 0 bridgehead atoms. The topological polar surface area (TPSA) is 52.6 Å². The molecule has 0 aromatic heterocycles. The van der Waals surface area contributed by atoms with Crippen LogP contribution in [0.1, 0.15) is 31.8 Å². The van der Waals surface area contributed by atoms with E-state index >= 15 is 0 Å². The molecule has 0 spiro atoms. The van der Waals surface area contributed by atoms with Crippen molar-refractivity contribution in [2.45, 2.75) is 0 Å². The van der Waals surface area contributed by atoms with Gasteiger partial charge in [0, 0.05) is 52.4 Å². The summed E-state index contributed by atoms with van der Waals surface area (Å²) in [5.41, 5.74) is 0.958. The van der Waals surface area contributed by atoms with Gasteiger partial charge < -0.3 is 8.85 Å². The van der Waals surface area contributed by atoms with Gasteiger partial charge in [0.05, 0.1) is 0 Å². The van der Waals surface area contributed by atoms with Crippen LogP contribution in [0.25, 0.3) is 0 Å². The van der Waals surface area contributed by atoms with Gasteiger partial charge in [-0.05, 0) is 140 Å². The van der Waals surface area contributed by atoms with Gasteiger partial charge in [-0.1, -0.05) is 142 Å². The largest absolute Gasteiger partial charge is 0.530 e. The van der Waals surface area contributed by atoms with Crippen molar-refractivity contribution < 1.29 is 18.4 Å². The number of fused-ring (bicyclic) bond motifs is 2. The van der Waals surface area contributed by atoms with Crippen LogP contribution in [0.3, 0.4) is 0 Å². The number of benzene rings is 8. The Morgan fingerprint density at radius 2 is 0.484 bits per heavy atom. The van der Waals surface area contributed by atoms with Gasteiger partial charge in [-0.25, -0.2) is 0 Å². The number of hydrogen-bond acceptors (Lipinski definition) is 4. The zero-order valence-corrected chi connectivity index (χ0v) is 38.8. The van der Waals surface area contributed by atoms with Crippen LogP contribution in [-0.2, 0) is 0 Å². The van der Waals surface area contributed by atoms with Crippen LogP contribution in [0.2, 0.25) is 30.1 Å². The van der Waals surface area contributed by atoms with E-state index in [9.17, 15) is 9.59 Å². The van der Waals surface area contributed by atoms with Gasteiger partial charge in [0.1, 0.15) is 11.5 Å². The second-order valence-corrected chi connectivity index (χ2v) is 23.9. The molecule has 62 heavy (non-hydrogen) atoms. The average molecular weight is 964 g/mol. The normalized spacial score (nSPS) is 12.4. The van der Waals surface area contributed by atoms with Gasteiger partial charge in [-0.15, -0.1) is 0 Å². The number of carbonyl (C=O) groups is 2. The first-order chi connectivity index (χ1) is 29.9. The fourth-order valence-electron chi connectivity index (χ4n) is 8.05. The van der Waals surface area contributed by atoms with Crippen molar-refractivity contribution >= 4 is 129 Å². The first-order valence-corrected chi connectivity index (χ1v) is 25.3. The van der Waals surface area contributed by atoms with E-state index in [1.165, 1.54) is 0 Å². The molecule has 0 unspecified atom stereocenters. The quantitative estimate of drug-likeness (QED) is 0.101. The van der Waals surface area contributed by atoms with E-state index in [1.807, 2.05) is 146 Å². The van der Waals surface area contributed by atoms with Gasteiger partial charge >= 0.3 is 16.6 Å². The predicted octanol–water partition coefficient (Wildman–Crippen LogP) is 10.5. The Hall–Kier alpha value is -5.13. The molecule has 9 rings (SSSR count). The van der Waals surface area contributed by atoms with Crippen molar-refractivity contribution in [3.8, 4) is 11.5 Å². The summed E-state index contributed by atoms with van der Waals surface area (Å²) in [4.78, 5) is 29.1. The molecule has 8 aromatic carbocycles. The average Bonchev–Trinajstić information content (AvgIpc) is 3.28. The molecule has 0 N–H and O–H groups in total. The first kappa shape index (κ1) is 42.2. The molecule has 0 heterocycles. The Bertz CT molecular complexity index is 2550. The highest BCUT2D eigenvalue weighted by atomic mass is 35.5. The summed E-state index contributed by atoms with van der Waals surface area (Å²) in [6, 6.07) is 55.4. The molecular weight excluding hydrogens is 933 g/mol. The van der Waals surface area contributed by atoms with Crippen molar-refractivity contribution in [2.24, 2.45) is 0 Å². The summed E-state index contributed by atoms with van der Waals surface area (Å²) in [6.45, 7) is 0. The van der Waals surface area contributed by atoms with Crippen molar-refractivity contribution in [3.63, 3.8) is 0 Å². The Labute approximate surface area is 390 Å². The summed E-state index contributed by atoms with van der Waals surface area (Å²) >= 11 is 38.4. The first-order valence-electron chi connectivity index (χ1n) is 19.3. The van der Waals surface area contributed by atoms with E-state index in [0.29, 0.717) is 41.6 Å². The molecule has 0 fully saturated rings. The lowest BCUT2D eigenvalue weighted by Gasteiger charge is -2.34. The summed E-state index contributed by atoms with van der Waals surface area (Å²) < 4.78 is 14.5. The highest BCUT2D eigenvalue weighted by Crippen LogP contribution is 2.34. The molecular formula is C50H30Cl6O4Si2. The van der Waals surface area contributed by atoms with Crippen LogP contribution in [0.4, 0.5) is 0 Å². The van der Waals surface area contributed by atoms with Crippen LogP contribution in [0.15, 0.2) is 182 Å². The maximum absolute atomic E-state index is 14.5. The summed E-state index contributed by atoms with van der Waals surface area (Å²) in [7, 11) is -6.84. The monoisotopic (exact) mass is 960 g/mol. The fourth-order valence-corrected chi connectivity index (χ4v) is 16.3. The Kier molecular flexibility index (Phi) is 11.7. The van der Waals surface area contributed by atoms with Crippen LogP contribution in [-0.4, -0.2) is 28.2 Å². The molecule has 0 radical (unpaired) electrons.